The minimum atomic E-state index is -0.643. The maximum Gasteiger partial charge on any atom is 0.174 e. The number of ketones is 1. The van der Waals surface area contributed by atoms with Crippen molar-refractivity contribution in [3.8, 4) is 39.7 Å². The van der Waals surface area contributed by atoms with Crippen molar-refractivity contribution in [2.75, 3.05) is 21.3 Å². The molecule has 3 aromatic carbocycles. The van der Waals surface area contributed by atoms with Gasteiger partial charge in [-0.05, 0) is 78.9 Å². The van der Waals surface area contributed by atoms with E-state index >= 15 is 0 Å². The van der Waals surface area contributed by atoms with E-state index in [0.29, 0.717) is 17.9 Å². The van der Waals surface area contributed by atoms with Gasteiger partial charge in [0.1, 0.15) is 17.2 Å². The van der Waals surface area contributed by atoms with Crippen LogP contribution in [0.1, 0.15) is 22.3 Å². The second-order valence-corrected chi connectivity index (χ2v) is 9.02. The fourth-order valence-corrected chi connectivity index (χ4v) is 4.36. The summed E-state index contributed by atoms with van der Waals surface area (Å²) in [4.78, 5) is 13.1. The molecule has 0 bridgehead atoms. The van der Waals surface area contributed by atoms with Crippen LogP contribution >= 0.6 is 0 Å². The first-order valence-corrected chi connectivity index (χ1v) is 12.0. The van der Waals surface area contributed by atoms with Crippen LogP contribution in [0.15, 0.2) is 65.3 Å². The average molecular weight is 501 g/mol. The molecule has 0 saturated carbocycles. The van der Waals surface area contributed by atoms with E-state index in [1.165, 1.54) is 0 Å². The minimum absolute atomic E-state index is 0.0734. The molecule has 0 radical (unpaired) electrons. The summed E-state index contributed by atoms with van der Waals surface area (Å²) < 4.78 is 22.0. The van der Waals surface area contributed by atoms with Gasteiger partial charge in [-0.3, -0.25) is 4.79 Å². The number of carbonyl (C=O) groups is 1. The van der Waals surface area contributed by atoms with E-state index in [0.717, 1.165) is 50.4 Å². The Balaban J connectivity index is 1.60. The Kier molecular flexibility index (Phi) is 7.94. The number of aryl methyl sites for hydroxylation is 1. The SMILES string of the molecule is COc1ccc(CC(N)C(=O)Cc2cc(-c3cnoc3-c3cc(C)c(C)c(OC)c3)ccc2OC)cc1. The molecule has 37 heavy (non-hydrogen) atoms. The third kappa shape index (κ3) is 5.67. The average Bonchev–Trinajstić information content (AvgIpc) is 3.40. The second-order valence-electron chi connectivity index (χ2n) is 9.02. The zero-order chi connectivity index (χ0) is 26.5. The van der Waals surface area contributed by atoms with Crippen LogP contribution < -0.4 is 19.9 Å². The van der Waals surface area contributed by atoms with Gasteiger partial charge in [0.2, 0.25) is 0 Å². The molecule has 0 amide bonds. The third-order valence-corrected chi connectivity index (χ3v) is 6.66. The van der Waals surface area contributed by atoms with E-state index in [2.05, 4.69) is 5.16 Å². The van der Waals surface area contributed by atoms with Crippen molar-refractivity contribution in [2.24, 2.45) is 5.73 Å². The zero-order valence-electron chi connectivity index (χ0n) is 21.8. The van der Waals surface area contributed by atoms with Crippen molar-refractivity contribution < 1.29 is 23.5 Å². The summed E-state index contributed by atoms with van der Waals surface area (Å²) in [5.41, 5.74) is 12.7. The first kappa shape index (κ1) is 26.0. The monoisotopic (exact) mass is 500 g/mol. The molecular formula is C30H32N2O5. The summed E-state index contributed by atoms with van der Waals surface area (Å²) in [5, 5.41) is 4.06. The van der Waals surface area contributed by atoms with Gasteiger partial charge in [0.05, 0.1) is 33.6 Å². The van der Waals surface area contributed by atoms with E-state index in [4.69, 9.17) is 24.5 Å². The number of hydrogen-bond acceptors (Lipinski definition) is 7. The van der Waals surface area contributed by atoms with Gasteiger partial charge in [-0.25, -0.2) is 0 Å². The number of ether oxygens (including phenoxy) is 3. The highest BCUT2D eigenvalue weighted by Crippen LogP contribution is 2.37. The number of Topliss-reactive ketones (excluding diaryl/α,β-unsaturated/α-hetero) is 1. The predicted octanol–water partition coefficient (Wildman–Crippen LogP) is 5.33. The van der Waals surface area contributed by atoms with Gasteiger partial charge in [0.15, 0.2) is 11.5 Å². The van der Waals surface area contributed by atoms with Crippen molar-refractivity contribution in [3.05, 3.63) is 83.0 Å². The lowest BCUT2D eigenvalue weighted by molar-refractivity contribution is -0.119. The molecule has 2 N–H and O–H groups in total. The fourth-order valence-electron chi connectivity index (χ4n) is 4.36. The van der Waals surface area contributed by atoms with Crippen LogP contribution in [-0.2, 0) is 17.6 Å². The van der Waals surface area contributed by atoms with Crippen molar-refractivity contribution in [3.63, 3.8) is 0 Å². The summed E-state index contributed by atoms with van der Waals surface area (Å²) >= 11 is 0. The molecule has 7 heteroatoms. The first-order valence-electron chi connectivity index (χ1n) is 12.0. The van der Waals surface area contributed by atoms with Crippen molar-refractivity contribution in [2.45, 2.75) is 32.7 Å². The lowest BCUT2D eigenvalue weighted by Crippen LogP contribution is -2.34. The number of nitrogens with two attached hydrogens (primary N) is 1. The molecule has 0 aliphatic rings. The van der Waals surface area contributed by atoms with Crippen LogP contribution in [-0.4, -0.2) is 38.3 Å². The topological polar surface area (TPSA) is 96.8 Å². The smallest absolute Gasteiger partial charge is 0.174 e. The largest absolute Gasteiger partial charge is 0.497 e. The number of benzene rings is 3. The van der Waals surface area contributed by atoms with E-state index < -0.39 is 6.04 Å². The summed E-state index contributed by atoms with van der Waals surface area (Å²) in [6.07, 6.45) is 2.27. The molecule has 1 aromatic heterocycles. The van der Waals surface area contributed by atoms with Crippen molar-refractivity contribution in [1.29, 1.82) is 0 Å². The van der Waals surface area contributed by atoms with Crippen LogP contribution in [0.25, 0.3) is 22.5 Å². The van der Waals surface area contributed by atoms with Crippen LogP contribution in [0.4, 0.5) is 0 Å². The Morgan fingerprint density at radius 3 is 2.32 bits per heavy atom. The van der Waals surface area contributed by atoms with Crippen LogP contribution in [0.2, 0.25) is 0 Å². The maximum absolute atomic E-state index is 13.1. The highest BCUT2D eigenvalue weighted by molar-refractivity contribution is 5.88. The Morgan fingerprint density at radius 1 is 0.919 bits per heavy atom. The van der Waals surface area contributed by atoms with Gasteiger partial charge in [-0.2, -0.15) is 0 Å². The molecule has 0 spiro atoms. The molecule has 0 aliphatic heterocycles. The Bertz CT molecular complexity index is 1390. The quantitative estimate of drug-likeness (QED) is 0.314. The molecular weight excluding hydrogens is 468 g/mol. The molecule has 1 unspecified atom stereocenters. The van der Waals surface area contributed by atoms with Gasteiger partial charge in [-0.15, -0.1) is 0 Å². The molecule has 0 saturated heterocycles. The van der Waals surface area contributed by atoms with Gasteiger partial charge < -0.3 is 24.5 Å². The third-order valence-electron chi connectivity index (χ3n) is 6.66. The van der Waals surface area contributed by atoms with Gasteiger partial charge in [-0.1, -0.05) is 23.4 Å². The normalized spacial score (nSPS) is 11.7. The van der Waals surface area contributed by atoms with Gasteiger partial charge >= 0.3 is 0 Å². The molecule has 4 aromatic rings. The Morgan fingerprint density at radius 2 is 1.65 bits per heavy atom. The highest BCUT2D eigenvalue weighted by Gasteiger charge is 2.20. The molecule has 0 aliphatic carbocycles. The van der Waals surface area contributed by atoms with Gasteiger partial charge in [0, 0.05) is 23.1 Å². The number of aromatic nitrogens is 1. The fraction of sp³-hybridized carbons (Fsp3) is 0.267. The highest BCUT2D eigenvalue weighted by atomic mass is 16.5. The minimum Gasteiger partial charge on any atom is -0.497 e. The van der Waals surface area contributed by atoms with E-state index in [-0.39, 0.29) is 12.2 Å². The molecule has 4 rings (SSSR count). The predicted molar refractivity (Wildman–Crippen MR) is 143 cm³/mol. The van der Waals surface area contributed by atoms with E-state index in [1.54, 1.807) is 27.5 Å². The van der Waals surface area contributed by atoms with E-state index in [9.17, 15) is 4.79 Å². The summed E-state index contributed by atoms with van der Waals surface area (Å²) in [6, 6.07) is 16.6. The maximum atomic E-state index is 13.1. The van der Waals surface area contributed by atoms with Crippen molar-refractivity contribution >= 4 is 5.78 Å². The van der Waals surface area contributed by atoms with E-state index in [1.807, 2.05) is 68.4 Å². The standard InChI is InChI=1S/C30H32N2O5/c1-18-12-23(16-29(36-5)19(18)2)30-25(17-32-37-30)21-8-11-28(35-4)22(14-21)15-27(33)26(31)13-20-6-9-24(34-3)10-7-20/h6-12,14,16-17,26H,13,15,31H2,1-5H3. The second kappa shape index (κ2) is 11.3. The van der Waals surface area contributed by atoms with Crippen LogP contribution in [0, 0.1) is 13.8 Å². The van der Waals surface area contributed by atoms with Crippen molar-refractivity contribution in [1.82, 2.24) is 5.16 Å². The lowest BCUT2D eigenvalue weighted by atomic mass is 9.94. The number of rotatable bonds is 10. The molecule has 0 fully saturated rings. The Labute approximate surface area is 217 Å². The lowest BCUT2D eigenvalue weighted by Gasteiger charge is -2.14. The number of methoxy groups -OCH3 is 3. The summed E-state index contributed by atoms with van der Waals surface area (Å²) in [5.74, 6) is 2.72. The summed E-state index contributed by atoms with van der Waals surface area (Å²) in [7, 11) is 4.86. The molecule has 7 nitrogen and oxygen atoms in total. The number of hydrogen-bond donors (Lipinski definition) is 1. The zero-order valence-corrected chi connectivity index (χ0v) is 21.8. The van der Waals surface area contributed by atoms with Crippen LogP contribution in [0.5, 0.6) is 17.2 Å². The van der Waals surface area contributed by atoms with Gasteiger partial charge in [0.25, 0.3) is 0 Å². The van der Waals surface area contributed by atoms with Crippen LogP contribution in [0.3, 0.4) is 0 Å². The Hall–Kier alpha value is -4.10. The molecule has 1 heterocycles. The number of carbonyl (C=O) groups excluding carboxylic acids is 1. The molecule has 192 valence electrons. The first-order chi connectivity index (χ1) is 17.8. The summed E-state index contributed by atoms with van der Waals surface area (Å²) in [6.45, 7) is 4.05. The molecule has 1 atom stereocenters. The number of nitrogens with zero attached hydrogens (tertiary/aromatic N) is 1.